The Morgan fingerprint density at radius 2 is 2.03 bits per heavy atom. The molecule has 29 heavy (non-hydrogen) atoms. The summed E-state index contributed by atoms with van der Waals surface area (Å²) in [5.41, 5.74) is 2.70. The van der Waals surface area contributed by atoms with Gasteiger partial charge in [0.05, 0.1) is 6.33 Å². The van der Waals surface area contributed by atoms with E-state index < -0.39 is 0 Å². The van der Waals surface area contributed by atoms with Crippen molar-refractivity contribution in [3.05, 3.63) is 64.7 Å². The van der Waals surface area contributed by atoms with Crippen molar-refractivity contribution in [1.82, 2.24) is 19.9 Å². The minimum Gasteiger partial charge on any atom is -0.454 e. The number of ether oxygens (including phenoxy) is 2. The van der Waals surface area contributed by atoms with Crippen LogP contribution < -0.4 is 20.3 Å². The molecule has 0 bridgehead atoms. The van der Waals surface area contributed by atoms with Crippen LogP contribution in [-0.2, 0) is 17.9 Å². The van der Waals surface area contributed by atoms with Crippen molar-refractivity contribution >= 4 is 27.8 Å². The third-order valence-electron chi connectivity index (χ3n) is 4.99. The van der Waals surface area contributed by atoms with Crippen LogP contribution >= 0.6 is 0 Å². The Bertz CT molecular complexity index is 1290. The van der Waals surface area contributed by atoms with Gasteiger partial charge < -0.3 is 19.8 Å². The van der Waals surface area contributed by atoms with Crippen molar-refractivity contribution in [3.8, 4) is 11.5 Å². The molecule has 0 saturated carbocycles. The zero-order valence-corrected chi connectivity index (χ0v) is 15.5. The average Bonchev–Trinajstić information content (AvgIpc) is 3.36. The highest BCUT2D eigenvalue weighted by Crippen LogP contribution is 2.32. The number of hydrogen-bond donors (Lipinski definition) is 2. The normalized spacial score (nSPS) is 12.6. The van der Waals surface area contributed by atoms with Gasteiger partial charge in [-0.15, -0.1) is 0 Å². The monoisotopic (exact) mass is 390 g/mol. The van der Waals surface area contributed by atoms with Crippen molar-refractivity contribution in [2.75, 3.05) is 6.79 Å². The number of hydrogen-bond acceptors (Lipinski definition) is 5. The lowest BCUT2D eigenvalue weighted by Gasteiger charge is -2.08. The summed E-state index contributed by atoms with van der Waals surface area (Å²) >= 11 is 0. The van der Waals surface area contributed by atoms with Crippen LogP contribution in [0.4, 0.5) is 0 Å². The van der Waals surface area contributed by atoms with Crippen LogP contribution in [0.2, 0.25) is 0 Å². The summed E-state index contributed by atoms with van der Waals surface area (Å²) in [5.74, 6) is 1.24. The molecule has 1 aliphatic rings. The number of H-pyrrole nitrogens is 1. The molecule has 0 aliphatic carbocycles. The van der Waals surface area contributed by atoms with Gasteiger partial charge in [0.25, 0.3) is 5.56 Å². The number of benzene rings is 2. The van der Waals surface area contributed by atoms with Gasteiger partial charge in [0.1, 0.15) is 11.0 Å². The molecule has 8 heteroatoms. The third kappa shape index (κ3) is 3.18. The van der Waals surface area contributed by atoms with Gasteiger partial charge in [0.2, 0.25) is 12.7 Å². The molecule has 146 valence electrons. The van der Waals surface area contributed by atoms with Crippen molar-refractivity contribution in [2.45, 2.75) is 19.5 Å². The van der Waals surface area contributed by atoms with Crippen LogP contribution in [0, 0.1) is 0 Å². The molecule has 0 saturated heterocycles. The smallest absolute Gasteiger partial charge is 0.277 e. The fourth-order valence-electron chi connectivity index (χ4n) is 3.46. The number of para-hydroxylation sites is 1. The summed E-state index contributed by atoms with van der Waals surface area (Å²) in [6.07, 6.45) is 1.67. The molecule has 3 heterocycles. The molecule has 0 atom stereocenters. The first kappa shape index (κ1) is 17.3. The summed E-state index contributed by atoms with van der Waals surface area (Å²) in [6.45, 7) is 0.850. The molecule has 2 N–H and O–H groups in total. The number of aromatic amines is 1. The second kappa shape index (κ2) is 6.97. The van der Waals surface area contributed by atoms with Gasteiger partial charge in [-0.1, -0.05) is 24.3 Å². The Morgan fingerprint density at radius 1 is 1.17 bits per heavy atom. The van der Waals surface area contributed by atoms with E-state index in [1.54, 1.807) is 0 Å². The Morgan fingerprint density at radius 3 is 2.97 bits per heavy atom. The first-order chi connectivity index (χ1) is 14.2. The van der Waals surface area contributed by atoms with Gasteiger partial charge in [-0.05, 0) is 23.8 Å². The van der Waals surface area contributed by atoms with Gasteiger partial charge in [0, 0.05) is 30.4 Å². The maximum Gasteiger partial charge on any atom is 0.277 e. The number of fused-ring (bicyclic) bond motifs is 4. The van der Waals surface area contributed by atoms with E-state index in [1.807, 2.05) is 42.5 Å². The molecule has 0 radical (unpaired) electrons. The number of rotatable bonds is 5. The number of carbonyl (C=O) groups excluding carboxylic acids is 1. The summed E-state index contributed by atoms with van der Waals surface area (Å²) in [4.78, 5) is 32.5. The fraction of sp³-hybridized carbons (Fsp3) is 0.190. The van der Waals surface area contributed by atoms with E-state index in [9.17, 15) is 9.59 Å². The van der Waals surface area contributed by atoms with Crippen LogP contribution in [0.15, 0.2) is 53.6 Å². The van der Waals surface area contributed by atoms with Crippen LogP contribution in [0.3, 0.4) is 0 Å². The van der Waals surface area contributed by atoms with E-state index in [2.05, 4.69) is 15.3 Å². The zero-order chi connectivity index (χ0) is 19.8. The summed E-state index contributed by atoms with van der Waals surface area (Å²) in [6, 6.07) is 13.2. The highest BCUT2D eigenvalue weighted by molar-refractivity contribution is 6.04. The maximum absolute atomic E-state index is 12.7. The molecule has 2 aromatic heterocycles. The molecule has 0 unspecified atom stereocenters. The fourth-order valence-corrected chi connectivity index (χ4v) is 3.46. The molecule has 5 rings (SSSR count). The summed E-state index contributed by atoms with van der Waals surface area (Å²) in [5, 5.41) is 3.77. The van der Waals surface area contributed by atoms with Gasteiger partial charge in [-0.2, -0.15) is 0 Å². The Balaban J connectivity index is 1.25. The molecule has 0 spiro atoms. The molecule has 1 amide bonds. The van der Waals surface area contributed by atoms with Gasteiger partial charge in [-0.3, -0.25) is 14.2 Å². The van der Waals surface area contributed by atoms with Gasteiger partial charge in [0.15, 0.2) is 11.5 Å². The predicted molar refractivity (Wildman–Crippen MR) is 107 cm³/mol. The minimum absolute atomic E-state index is 0.147. The minimum atomic E-state index is -0.185. The van der Waals surface area contributed by atoms with Crippen LogP contribution in [-0.4, -0.2) is 27.2 Å². The SMILES string of the molecule is O=C(CCn1cnc2c([nH]c3ccccc32)c1=O)NCc1ccc2c(c1)OCO2. The third-order valence-corrected chi connectivity index (χ3v) is 4.99. The molecule has 2 aromatic carbocycles. The predicted octanol–water partition coefficient (Wildman–Crippen LogP) is 2.31. The Labute approximate surface area is 165 Å². The van der Waals surface area contributed by atoms with E-state index in [1.165, 1.54) is 10.9 Å². The van der Waals surface area contributed by atoms with E-state index in [0.29, 0.717) is 29.1 Å². The van der Waals surface area contributed by atoms with Crippen molar-refractivity contribution < 1.29 is 14.3 Å². The van der Waals surface area contributed by atoms with Gasteiger partial charge >= 0.3 is 0 Å². The Hall–Kier alpha value is -3.81. The number of nitrogens with one attached hydrogen (secondary N) is 2. The maximum atomic E-state index is 12.7. The largest absolute Gasteiger partial charge is 0.454 e. The standard InChI is InChI=1S/C21H18N4O4/c26-18(22-10-13-5-6-16-17(9-13)29-12-28-16)7-8-25-11-23-19-14-3-1-2-4-15(14)24-20(19)21(25)27/h1-6,9,11,24H,7-8,10,12H2,(H,22,26). The lowest BCUT2D eigenvalue weighted by Crippen LogP contribution is -2.27. The molecular formula is C21H18N4O4. The van der Waals surface area contributed by atoms with Crippen LogP contribution in [0.5, 0.6) is 11.5 Å². The molecule has 4 aromatic rings. The zero-order valence-electron chi connectivity index (χ0n) is 15.5. The van der Waals surface area contributed by atoms with Gasteiger partial charge in [-0.25, -0.2) is 4.98 Å². The summed E-state index contributed by atoms with van der Waals surface area (Å²) < 4.78 is 12.1. The topological polar surface area (TPSA) is 98.2 Å². The lowest BCUT2D eigenvalue weighted by molar-refractivity contribution is -0.121. The average molecular weight is 390 g/mol. The molecular weight excluding hydrogens is 372 g/mol. The van der Waals surface area contributed by atoms with Crippen molar-refractivity contribution in [3.63, 3.8) is 0 Å². The molecule has 1 aliphatic heterocycles. The Kier molecular flexibility index (Phi) is 4.16. The van der Waals surface area contributed by atoms with Crippen LogP contribution in [0.1, 0.15) is 12.0 Å². The number of carbonyl (C=O) groups is 1. The highest BCUT2D eigenvalue weighted by atomic mass is 16.7. The van der Waals surface area contributed by atoms with E-state index in [0.717, 1.165) is 16.5 Å². The lowest BCUT2D eigenvalue weighted by atomic mass is 10.2. The quantitative estimate of drug-likeness (QED) is 0.545. The van der Waals surface area contributed by atoms with E-state index in [4.69, 9.17) is 9.47 Å². The first-order valence-electron chi connectivity index (χ1n) is 9.30. The number of nitrogens with zero attached hydrogens (tertiary/aromatic N) is 2. The van der Waals surface area contributed by atoms with Crippen molar-refractivity contribution in [2.24, 2.45) is 0 Å². The number of amides is 1. The molecule has 0 fully saturated rings. The second-order valence-corrected chi connectivity index (χ2v) is 6.85. The second-order valence-electron chi connectivity index (χ2n) is 6.85. The first-order valence-corrected chi connectivity index (χ1v) is 9.30. The van der Waals surface area contributed by atoms with Crippen molar-refractivity contribution in [1.29, 1.82) is 0 Å². The van der Waals surface area contributed by atoms with E-state index >= 15 is 0 Å². The number of aromatic nitrogens is 3. The molecule has 8 nitrogen and oxygen atoms in total. The summed E-state index contributed by atoms with van der Waals surface area (Å²) in [7, 11) is 0. The van der Waals surface area contributed by atoms with E-state index in [-0.39, 0.29) is 31.2 Å². The number of aryl methyl sites for hydroxylation is 1. The van der Waals surface area contributed by atoms with Crippen LogP contribution in [0.25, 0.3) is 21.9 Å². The highest BCUT2D eigenvalue weighted by Gasteiger charge is 2.14.